The summed E-state index contributed by atoms with van der Waals surface area (Å²) >= 11 is 1.41. The van der Waals surface area contributed by atoms with Crippen molar-refractivity contribution in [1.29, 1.82) is 0 Å². The topological polar surface area (TPSA) is 99.7 Å². The standard InChI is InChI=1S/C21H22N4O4S2/c1-15-11-16-3-2-4-18(20(16)22-12-15)31(28,29)25-8-6-24(7-9-25)19(26)13-23-21(27)17-5-10-30-14-17/h2-5,10-12,14H,6-9,13H2,1H3,(H,23,27). The number of thiophene rings is 1. The van der Waals surface area contributed by atoms with E-state index >= 15 is 0 Å². The lowest BCUT2D eigenvalue weighted by Crippen LogP contribution is -2.52. The van der Waals surface area contributed by atoms with Gasteiger partial charge < -0.3 is 10.2 Å². The van der Waals surface area contributed by atoms with E-state index in [0.29, 0.717) is 11.1 Å². The van der Waals surface area contributed by atoms with E-state index in [9.17, 15) is 18.0 Å². The largest absolute Gasteiger partial charge is 0.343 e. The number of pyridine rings is 1. The fourth-order valence-corrected chi connectivity index (χ4v) is 5.75. The van der Waals surface area contributed by atoms with Crippen LogP contribution in [0.15, 0.2) is 52.2 Å². The average molecular weight is 459 g/mol. The fourth-order valence-electron chi connectivity index (χ4n) is 3.53. The molecule has 2 aromatic heterocycles. The van der Waals surface area contributed by atoms with Gasteiger partial charge >= 0.3 is 0 Å². The van der Waals surface area contributed by atoms with Crippen LogP contribution < -0.4 is 5.32 Å². The Bertz CT molecular complexity index is 1220. The molecule has 1 aromatic carbocycles. The van der Waals surface area contributed by atoms with Gasteiger partial charge in [0.2, 0.25) is 15.9 Å². The summed E-state index contributed by atoms with van der Waals surface area (Å²) in [6.45, 7) is 2.71. The third kappa shape index (κ3) is 4.46. The molecule has 1 N–H and O–H groups in total. The molecule has 1 fully saturated rings. The van der Waals surface area contributed by atoms with Crippen molar-refractivity contribution in [2.24, 2.45) is 0 Å². The van der Waals surface area contributed by atoms with Gasteiger partial charge in [-0.15, -0.1) is 0 Å². The number of fused-ring (bicyclic) bond motifs is 1. The van der Waals surface area contributed by atoms with Gasteiger partial charge in [-0.25, -0.2) is 8.42 Å². The van der Waals surface area contributed by atoms with Gasteiger partial charge in [0.15, 0.2) is 0 Å². The Hall–Kier alpha value is -2.82. The normalized spacial score (nSPS) is 15.2. The molecule has 0 aliphatic carbocycles. The Kier molecular flexibility index (Phi) is 6.03. The van der Waals surface area contributed by atoms with Gasteiger partial charge in [-0.3, -0.25) is 14.6 Å². The maximum Gasteiger partial charge on any atom is 0.252 e. The first-order valence-corrected chi connectivity index (χ1v) is 12.2. The third-order valence-electron chi connectivity index (χ3n) is 5.20. The number of nitrogens with one attached hydrogen (secondary N) is 1. The van der Waals surface area contributed by atoms with E-state index in [1.807, 2.05) is 19.1 Å². The predicted octanol–water partition coefficient (Wildman–Crippen LogP) is 1.87. The van der Waals surface area contributed by atoms with Crippen molar-refractivity contribution in [2.45, 2.75) is 11.8 Å². The van der Waals surface area contributed by atoms with Crippen LogP contribution in [0.3, 0.4) is 0 Å². The van der Waals surface area contributed by atoms with E-state index in [1.54, 1.807) is 40.1 Å². The lowest BCUT2D eigenvalue weighted by molar-refractivity contribution is -0.131. The smallest absolute Gasteiger partial charge is 0.252 e. The van der Waals surface area contributed by atoms with E-state index in [4.69, 9.17) is 0 Å². The highest BCUT2D eigenvalue weighted by Gasteiger charge is 2.31. The zero-order chi connectivity index (χ0) is 22.0. The summed E-state index contributed by atoms with van der Waals surface area (Å²) in [5.41, 5.74) is 1.93. The number of nitrogens with zero attached hydrogens (tertiary/aromatic N) is 3. The van der Waals surface area contributed by atoms with E-state index < -0.39 is 10.0 Å². The lowest BCUT2D eigenvalue weighted by atomic mass is 10.2. The molecule has 162 valence electrons. The summed E-state index contributed by atoms with van der Waals surface area (Å²) in [5.74, 6) is -0.530. The summed E-state index contributed by atoms with van der Waals surface area (Å²) in [4.78, 5) is 30.5. The van der Waals surface area contributed by atoms with Crippen LogP contribution in [0.1, 0.15) is 15.9 Å². The molecule has 0 radical (unpaired) electrons. The minimum atomic E-state index is -3.74. The van der Waals surface area contributed by atoms with Crippen LogP contribution >= 0.6 is 11.3 Å². The molecule has 3 aromatic rings. The molecule has 10 heteroatoms. The average Bonchev–Trinajstić information content (AvgIpc) is 3.32. The summed E-state index contributed by atoms with van der Waals surface area (Å²) in [6, 6.07) is 8.72. The predicted molar refractivity (Wildman–Crippen MR) is 118 cm³/mol. The second-order valence-corrected chi connectivity index (χ2v) is 10.0. The molecular formula is C21H22N4O4S2. The van der Waals surface area contributed by atoms with Crippen LogP contribution in [0.2, 0.25) is 0 Å². The first-order chi connectivity index (χ1) is 14.9. The summed E-state index contributed by atoms with van der Waals surface area (Å²) in [7, 11) is -3.74. The Labute approximate surface area is 184 Å². The number of carbonyl (C=O) groups excluding carboxylic acids is 2. The molecule has 0 unspecified atom stereocenters. The van der Waals surface area contributed by atoms with Crippen molar-refractivity contribution in [3.05, 3.63) is 58.4 Å². The minimum absolute atomic E-state index is 0.117. The molecule has 3 heterocycles. The number of sulfonamides is 1. The molecule has 0 bridgehead atoms. The highest BCUT2D eigenvalue weighted by molar-refractivity contribution is 7.89. The minimum Gasteiger partial charge on any atom is -0.343 e. The molecule has 4 rings (SSSR count). The number of hydrogen-bond acceptors (Lipinski definition) is 6. The number of amides is 2. The van der Waals surface area contributed by atoms with Crippen molar-refractivity contribution in [2.75, 3.05) is 32.7 Å². The van der Waals surface area contributed by atoms with Gasteiger partial charge in [0.25, 0.3) is 5.91 Å². The van der Waals surface area contributed by atoms with Gasteiger partial charge in [0.05, 0.1) is 12.1 Å². The van der Waals surface area contributed by atoms with Crippen LogP contribution in [0.4, 0.5) is 0 Å². The Morgan fingerprint density at radius 3 is 2.65 bits per heavy atom. The molecule has 2 amide bonds. The number of benzene rings is 1. The summed E-state index contributed by atoms with van der Waals surface area (Å²) in [5, 5.41) is 6.89. The zero-order valence-electron chi connectivity index (χ0n) is 16.9. The number of aryl methyl sites for hydroxylation is 1. The van der Waals surface area contributed by atoms with Crippen molar-refractivity contribution >= 4 is 44.1 Å². The third-order valence-corrected chi connectivity index (χ3v) is 7.82. The van der Waals surface area contributed by atoms with Gasteiger partial charge in [-0.2, -0.15) is 15.6 Å². The molecule has 0 atom stereocenters. The van der Waals surface area contributed by atoms with E-state index in [-0.39, 0.29) is 49.4 Å². The van der Waals surface area contributed by atoms with E-state index in [2.05, 4.69) is 10.3 Å². The number of piperazine rings is 1. The maximum atomic E-state index is 13.2. The molecule has 31 heavy (non-hydrogen) atoms. The van der Waals surface area contributed by atoms with Crippen molar-refractivity contribution < 1.29 is 18.0 Å². The molecule has 1 aliphatic rings. The van der Waals surface area contributed by atoms with Gasteiger partial charge in [-0.1, -0.05) is 12.1 Å². The fraction of sp³-hybridized carbons (Fsp3) is 0.286. The molecule has 1 saturated heterocycles. The Morgan fingerprint density at radius 1 is 1.16 bits per heavy atom. The first-order valence-electron chi connectivity index (χ1n) is 9.80. The lowest BCUT2D eigenvalue weighted by Gasteiger charge is -2.34. The summed E-state index contributed by atoms with van der Waals surface area (Å²) in [6.07, 6.45) is 1.66. The number of hydrogen-bond donors (Lipinski definition) is 1. The highest BCUT2D eigenvalue weighted by Crippen LogP contribution is 2.25. The van der Waals surface area contributed by atoms with Crippen LogP contribution in [-0.2, 0) is 14.8 Å². The second kappa shape index (κ2) is 8.74. The van der Waals surface area contributed by atoms with Crippen LogP contribution in [0, 0.1) is 6.92 Å². The molecular weight excluding hydrogens is 436 g/mol. The van der Waals surface area contributed by atoms with Crippen LogP contribution in [0.25, 0.3) is 10.9 Å². The van der Waals surface area contributed by atoms with E-state index in [1.165, 1.54) is 15.6 Å². The van der Waals surface area contributed by atoms with Crippen molar-refractivity contribution in [3.8, 4) is 0 Å². The number of carbonyl (C=O) groups is 2. The molecule has 8 nitrogen and oxygen atoms in total. The molecule has 0 saturated carbocycles. The van der Waals surface area contributed by atoms with Crippen LogP contribution in [0.5, 0.6) is 0 Å². The monoisotopic (exact) mass is 458 g/mol. The molecule has 1 aliphatic heterocycles. The first kappa shape index (κ1) is 21.4. The Balaban J connectivity index is 1.40. The van der Waals surface area contributed by atoms with Gasteiger partial charge in [-0.05, 0) is 36.1 Å². The van der Waals surface area contributed by atoms with Gasteiger partial charge in [0.1, 0.15) is 4.90 Å². The number of aromatic nitrogens is 1. The SMILES string of the molecule is Cc1cnc2c(S(=O)(=O)N3CCN(C(=O)CNC(=O)c4ccsc4)CC3)cccc2c1. The Morgan fingerprint density at radius 2 is 1.94 bits per heavy atom. The highest BCUT2D eigenvalue weighted by atomic mass is 32.2. The number of rotatable bonds is 5. The second-order valence-electron chi connectivity index (χ2n) is 7.32. The van der Waals surface area contributed by atoms with Crippen LogP contribution in [-0.4, -0.2) is 67.1 Å². The maximum absolute atomic E-state index is 13.2. The van der Waals surface area contributed by atoms with E-state index in [0.717, 1.165) is 10.9 Å². The molecule has 0 spiro atoms. The van der Waals surface area contributed by atoms with Crippen molar-refractivity contribution in [1.82, 2.24) is 19.5 Å². The number of para-hydroxylation sites is 1. The summed E-state index contributed by atoms with van der Waals surface area (Å²) < 4.78 is 27.9. The van der Waals surface area contributed by atoms with Crippen molar-refractivity contribution in [3.63, 3.8) is 0 Å². The quantitative estimate of drug-likeness (QED) is 0.629. The zero-order valence-corrected chi connectivity index (χ0v) is 18.6. The van der Waals surface area contributed by atoms with Gasteiger partial charge in [0, 0.05) is 48.7 Å².